The van der Waals surface area contributed by atoms with Gasteiger partial charge in [0.25, 0.3) is 0 Å². The second kappa shape index (κ2) is 4.12. The first-order valence-corrected chi connectivity index (χ1v) is 3.91. The molecule has 0 amide bonds. The standard InChI is InChI=1S/C9H9ClO2/c1-12-9-5-7(2-3-11)4-8(10)6-9/h3-6H,2H2,1H3. The molecule has 0 atom stereocenters. The highest BCUT2D eigenvalue weighted by Gasteiger charge is 1.98. The Balaban J connectivity index is 2.97. The van der Waals surface area contributed by atoms with Crippen LogP contribution in [0.1, 0.15) is 5.56 Å². The van der Waals surface area contributed by atoms with E-state index in [2.05, 4.69) is 0 Å². The average Bonchev–Trinajstić information content (AvgIpc) is 2.04. The van der Waals surface area contributed by atoms with Gasteiger partial charge in [-0.1, -0.05) is 11.6 Å². The van der Waals surface area contributed by atoms with Gasteiger partial charge in [-0.3, -0.25) is 0 Å². The van der Waals surface area contributed by atoms with Crippen LogP contribution in [-0.4, -0.2) is 13.4 Å². The number of ether oxygens (including phenoxy) is 1. The van der Waals surface area contributed by atoms with Crippen molar-refractivity contribution in [2.24, 2.45) is 0 Å². The van der Waals surface area contributed by atoms with Gasteiger partial charge in [0.05, 0.1) is 7.11 Å². The van der Waals surface area contributed by atoms with Crippen molar-refractivity contribution in [2.45, 2.75) is 6.42 Å². The van der Waals surface area contributed by atoms with Crippen LogP contribution in [0.5, 0.6) is 5.75 Å². The molecular formula is C9H9ClO2. The highest BCUT2D eigenvalue weighted by Crippen LogP contribution is 2.20. The maximum atomic E-state index is 10.2. The van der Waals surface area contributed by atoms with E-state index in [4.69, 9.17) is 16.3 Å². The molecule has 1 aromatic carbocycles. The first kappa shape index (κ1) is 9.07. The summed E-state index contributed by atoms with van der Waals surface area (Å²) in [6.07, 6.45) is 1.21. The summed E-state index contributed by atoms with van der Waals surface area (Å²) in [7, 11) is 1.57. The van der Waals surface area contributed by atoms with Crippen LogP contribution in [0, 0.1) is 0 Å². The van der Waals surface area contributed by atoms with Crippen molar-refractivity contribution in [3.8, 4) is 5.75 Å². The number of hydrogen-bond acceptors (Lipinski definition) is 2. The predicted molar refractivity (Wildman–Crippen MR) is 47.8 cm³/mol. The van der Waals surface area contributed by atoms with Crippen LogP contribution in [0.25, 0.3) is 0 Å². The zero-order valence-electron chi connectivity index (χ0n) is 6.71. The number of carbonyl (C=O) groups excluding carboxylic acids is 1. The predicted octanol–water partition coefficient (Wildman–Crippen LogP) is 2.09. The molecule has 0 spiro atoms. The van der Waals surface area contributed by atoms with E-state index in [0.29, 0.717) is 17.2 Å². The maximum Gasteiger partial charge on any atom is 0.124 e. The molecule has 2 nitrogen and oxygen atoms in total. The van der Waals surface area contributed by atoms with Crippen LogP contribution in [0.2, 0.25) is 5.02 Å². The average molecular weight is 185 g/mol. The van der Waals surface area contributed by atoms with Gasteiger partial charge in [0.1, 0.15) is 12.0 Å². The van der Waals surface area contributed by atoms with Crippen molar-refractivity contribution >= 4 is 17.9 Å². The largest absolute Gasteiger partial charge is 0.497 e. The number of hydrogen-bond donors (Lipinski definition) is 0. The number of methoxy groups -OCH3 is 1. The zero-order valence-corrected chi connectivity index (χ0v) is 7.47. The SMILES string of the molecule is COc1cc(Cl)cc(CC=O)c1. The number of benzene rings is 1. The lowest BCUT2D eigenvalue weighted by Crippen LogP contribution is -1.88. The Morgan fingerprint density at radius 1 is 1.50 bits per heavy atom. The molecule has 0 aliphatic rings. The van der Waals surface area contributed by atoms with Gasteiger partial charge < -0.3 is 9.53 Å². The van der Waals surface area contributed by atoms with Crippen molar-refractivity contribution in [2.75, 3.05) is 7.11 Å². The lowest BCUT2D eigenvalue weighted by Gasteiger charge is -2.02. The van der Waals surface area contributed by atoms with Gasteiger partial charge in [-0.25, -0.2) is 0 Å². The Labute approximate surface area is 76.1 Å². The van der Waals surface area contributed by atoms with Crippen molar-refractivity contribution in [1.29, 1.82) is 0 Å². The third-order valence-corrected chi connectivity index (χ3v) is 1.70. The van der Waals surface area contributed by atoms with Gasteiger partial charge in [0.2, 0.25) is 0 Å². The van der Waals surface area contributed by atoms with Gasteiger partial charge in [-0.05, 0) is 23.8 Å². The topological polar surface area (TPSA) is 26.3 Å². The molecule has 1 aromatic rings. The van der Waals surface area contributed by atoms with Gasteiger partial charge in [0, 0.05) is 11.4 Å². The monoisotopic (exact) mass is 184 g/mol. The number of halogens is 1. The van der Waals surface area contributed by atoms with E-state index in [1.807, 2.05) is 0 Å². The van der Waals surface area contributed by atoms with Crippen molar-refractivity contribution < 1.29 is 9.53 Å². The van der Waals surface area contributed by atoms with Gasteiger partial charge in [-0.2, -0.15) is 0 Å². The molecule has 0 saturated heterocycles. The molecule has 0 unspecified atom stereocenters. The summed E-state index contributed by atoms with van der Waals surface area (Å²) < 4.78 is 4.98. The molecule has 12 heavy (non-hydrogen) atoms. The molecule has 0 fully saturated rings. The molecule has 3 heteroatoms. The van der Waals surface area contributed by atoms with Gasteiger partial charge >= 0.3 is 0 Å². The summed E-state index contributed by atoms with van der Waals surface area (Å²) in [5.41, 5.74) is 0.870. The lowest BCUT2D eigenvalue weighted by molar-refractivity contribution is -0.107. The molecule has 0 aliphatic carbocycles. The number of aldehydes is 1. The molecule has 0 aliphatic heterocycles. The Kier molecular flexibility index (Phi) is 3.11. The highest BCUT2D eigenvalue weighted by molar-refractivity contribution is 6.30. The fourth-order valence-corrected chi connectivity index (χ4v) is 1.20. The number of rotatable bonds is 3. The van der Waals surface area contributed by atoms with Gasteiger partial charge in [-0.15, -0.1) is 0 Å². The summed E-state index contributed by atoms with van der Waals surface area (Å²) in [5.74, 6) is 0.680. The molecule has 64 valence electrons. The molecular weight excluding hydrogens is 176 g/mol. The van der Waals surface area contributed by atoms with Crippen LogP contribution in [-0.2, 0) is 11.2 Å². The zero-order chi connectivity index (χ0) is 8.97. The maximum absolute atomic E-state index is 10.2. The van der Waals surface area contributed by atoms with Crippen LogP contribution < -0.4 is 4.74 Å². The summed E-state index contributed by atoms with van der Waals surface area (Å²) in [6, 6.07) is 5.24. The second-order valence-electron chi connectivity index (χ2n) is 2.37. The molecule has 0 heterocycles. The first-order chi connectivity index (χ1) is 5.76. The Hall–Kier alpha value is -1.02. The Morgan fingerprint density at radius 3 is 2.83 bits per heavy atom. The minimum atomic E-state index is 0.372. The van der Waals surface area contributed by atoms with Gasteiger partial charge in [0.15, 0.2) is 0 Å². The summed E-state index contributed by atoms with van der Waals surface area (Å²) in [4.78, 5) is 10.2. The quantitative estimate of drug-likeness (QED) is 0.673. The minimum Gasteiger partial charge on any atom is -0.497 e. The molecule has 0 N–H and O–H groups in total. The highest BCUT2D eigenvalue weighted by atomic mass is 35.5. The van der Waals surface area contributed by atoms with E-state index < -0.39 is 0 Å². The van der Waals surface area contributed by atoms with Crippen LogP contribution >= 0.6 is 11.6 Å². The second-order valence-corrected chi connectivity index (χ2v) is 2.81. The van der Waals surface area contributed by atoms with E-state index in [-0.39, 0.29) is 0 Å². The summed E-state index contributed by atoms with van der Waals surface area (Å²) >= 11 is 5.77. The van der Waals surface area contributed by atoms with E-state index in [9.17, 15) is 4.79 Å². The molecule has 0 saturated carbocycles. The fourth-order valence-electron chi connectivity index (χ4n) is 0.953. The Bertz CT molecular complexity index is 284. The minimum absolute atomic E-state index is 0.372. The fraction of sp³-hybridized carbons (Fsp3) is 0.222. The van der Waals surface area contributed by atoms with Crippen LogP contribution in [0.3, 0.4) is 0 Å². The normalized spacial score (nSPS) is 9.50. The summed E-state index contributed by atoms with van der Waals surface area (Å²) in [6.45, 7) is 0. The van der Waals surface area contributed by atoms with Crippen molar-refractivity contribution in [3.63, 3.8) is 0 Å². The molecule has 0 bridgehead atoms. The number of carbonyl (C=O) groups is 1. The van der Waals surface area contributed by atoms with E-state index in [0.717, 1.165) is 11.8 Å². The molecule has 0 radical (unpaired) electrons. The molecule has 1 rings (SSSR count). The first-order valence-electron chi connectivity index (χ1n) is 3.53. The van der Waals surface area contributed by atoms with Crippen LogP contribution in [0.4, 0.5) is 0 Å². The lowest BCUT2D eigenvalue weighted by atomic mass is 10.1. The van der Waals surface area contributed by atoms with Crippen molar-refractivity contribution in [1.82, 2.24) is 0 Å². The van der Waals surface area contributed by atoms with E-state index in [1.54, 1.807) is 25.3 Å². The van der Waals surface area contributed by atoms with Crippen molar-refractivity contribution in [3.05, 3.63) is 28.8 Å². The smallest absolute Gasteiger partial charge is 0.124 e. The third-order valence-electron chi connectivity index (χ3n) is 1.49. The van der Waals surface area contributed by atoms with Crippen LogP contribution in [0.15, 0.2) is 18.2 Å². The van der Waals surface area contributed by atoms with E-state index in [1.165, 1.54) is 0 Å². The molecule has 0 aromatic heterocycles. The third kappa shape index (κ3) is 2.24. The summed E-state index contributed by atoms with van der Waals surface area (Å²) in [5, 5.41) is 0.589. The Morgan fingerprint density at radius 2 is 2.25 bits per heavy atom. The van der Waals surface area contributed by atoms with E-state index >= 15 is 0 Å².